The first kappa shape index (κ1) is 17.0. The molecule has 0 amide bonds. The molecule has 2 heterocycles. The minimum atomic E-state index is -3.52. The van der Waals surface area contributed by atoms with E-state index < -0.39 is 10.0 Å². The van der Waals surface area contributed by atoms with Crippen LogP contribution in [0, 0.1) is 0 Å². The number of likely N-dealkylation sites (tertiary alicyclic amines) is 1. The van der Waals surface area contributed by atoms with Crippen LogP contribution in [0.4, 0.5) is 0 Å². The fourth-order valence-electron chi connectivity index (χ4n) is 2.44. The zero-order valence-corrected chi connectivity index (χ0v) is 14.6. The van der Waals surface area contributed by atoms with Gasteiger partial charge in [-0.1, -0.05) is 0 Å². The molecule has 6 nitrogen and oxygen atoms in total. The molecule has 1 saturated heterocycles. The summed E-state index contributed by atoms with van der Waals surface area (Å²) in [5, 5.41) is 2.92. The van der Waals surface area contributed by atoms with Gasteiger partial charge in [-0.25, -0.2) is 13.1 Å². The number of nitrogens with one attached hydrogen (secondary N) is 2. The molecule has 8 heteroatoms. The van der Waals surface area contributed by atoms with Crippen molar-refractivity contribution in [2.24, 2.45) is 0 Å². The minimum absolute atomic E-state index is 0.161. The Morgan fingerprint density at radius 3 is 2.76 bits per heavy atom. The molecule has 1 aliphatic heterocycles. The third kappa shape index (κ3) is 4.79. The topological polar surface area (TPSA) is 74.6 Å². The Morgan fingerprint density at radius 2 is 2.10 bits per heavy atom. The van der Waals surface area contributed by atoms with Crippen molar-refractivity contribution in [1.29, 1.82) is 0 Å². The van der Waals surface area contributed by atoms with E-state index in [1.54, 1.807) is 13.1 Å². The smallest absolute Gasteiger partial charge is 0.244 e. The van der Waals surface area contributed by atoms with Crippen molar-refractivity contribution in [3.63, 3.8) is 0 Å². The molecule has 0 spiro atoms. The summed E-state index contributed by atoms with van der Waals surface area (Å²) in [6.07, 6.45) is 3.32. The predicted molar refractivity (Wildman–Crippen MR) is 84.7 cm³/mol. The van der Waals surface area contributed by atoms with E-state index in [0.717, 1.165) is 26.1 Å². The Morgan fingerprint density at radius 1 is 1.38 bits per heavy atom. The Hall–Kier alpha value is -0.410. The van der Waals surface area contributed by atoms with E-state index in [9.17, 15) is 8.42 Å². The molecule has 0 radical (unpaired) electrons. The highest BCUT2D eigenvalue weighted by Gasteiger charge is 2.22. The minimum Gasteiger partial charge on any atom is -0.452 e. The summed E-state index contributed by atoms with van der Waals surface area (Å²) in [5.41, 5.74) is 0. The predicted octanol–water partition coefficient (Wildman–Crippen LogP) is 1.53. The lowest BCUT2D eigenvalue weighted by Gasteiger charge is -2.14. The van der Waals surface area contributed by atoms with E-state index >= 15 is 0 Å². The van der Waals surface area contributed by atoms with E-state index in [0.29, 0.717) is 18.8 Å². The number of nitrogens with zero attached hydrogens (tertiary/aromatic N) is 1. The molecule has 0 bridgehead atoms. The van der Waals surface area contributed by atoms with Gasteiger partial charge in [-0.2, -0.15) is 0 Å². The first-order valence-corrected chi connectivity index (χ1v) is 9.45. The maximum Gasteiger partial charge on any atom is 0.244 e. The molecule has 0 aromatic carbocycles. The molecule has 1 aromatic rings. The van der Waals surface area contributed by atoms with Crippen LogP contribution in [0.25, 0.3) is 0 Å². The average molecular weight is 380 g/mol. The van der Waals surface area contributed by atoms with Crippen molar-refractivity contribution in [2.75, 3.05) is 33.2 Å². The molecule has 1 fully saturated rings. The zero-order valence-electron chi connectivity index (χ0n) is 12.2. The number of furan rings is 1. The second-order valence-electron chi connectivity index (χ2n) is 5.18. The monoisotopic (exact) mass is 379 g/mol. The first-order chi connectivity index (χ1) is 10.0. The zero-order chi connectivity index (χ0) is 15.3. The van der Waals surface area contributed by atoms with Gasteiger partial charge in [0.1, 0.15) is 10.7 Å². The summed E-state index contributed by atoms with van der Waals surface area (Å²) in [6, 6.07) is 1.55. The second-order valence-corrected chi connectivity index (χ2v) is 7.64. The summed E-state index contributed by atoms with van der Waals surface area (Å²) in [4.78, 5) is 2.53. The van der Waals surface area contributed by atoms with Crippen molar-refractivity contribution in [1.82, 2.24) is 14.9 Å². The second kappa shape index (κ2) is 7.73. The maximum absolute atomic E-state index is 12.2. The number of hydrogen-bond donors (Lipinski definition) is 2. The number of halogens is 1. The molecule has 120 valence electrons. The van der Waals surface area contributed by atoms with Crippen LogP contribution >= 0.6 is 15.9 Å². The Balaban J connectivity index is 1.85. The maximum atomic E-state index is 12.2. The molecule has 0 atom stereocenters. The summed E-state index contributed by atoms with van der Waals surface area (Å²) in [7, 11) is -1.74. The molecule has 2 rings (SSSR count). The van der Waals surface area contributed by atoms with Gasteiger partial charge in [0, 0.05) is 12.6 Å². The van der Waals surface area contributed by atoms with Crippen LogP contribution in [0.2, 0.25) is 0 Å². The Bertz CT molecular complexity index is 553. The highest BCUT2D eigenvalue weighted by atomic mass is 79.9. The van der Waals surface area contributed by atoms with Gasteiger partial charge in [-0.3, -0.25) is 0 Å². The van der Waals surface area contributed by atoms with Gasteiger partial charge >= 0.3 is 0 Å². The van der Waals surface area contributed by atoms with Crippen molar-refractivity contribution in [3.8, 4) is 0 Å². The highest BCUT2D eigenvalue weighted by Crippen LogP contribution is 2.25. The van der Waals surface area contributed by atoms with Gasteiger partial charge in [-0.15, -0.1) is 0 Å². The van der Waals surface area contributed by atoms with Gasteiger partial charge in [0.15, 0.2) is 4.67 Å². The average Bonchev–Trinajstić information content (AvgIpc) is 3.05. The quantitative estimate of drug-likeness (QED) is 0.669. The normalized spacial score (nSPS) is 16.7. The number of sulfonamides is 1. The largest absolute Gasteiger partial charge is 0.452 e. The van der Waals surface area contributed by atoms with Crippen LogP contribution in [0.3, 0.4) is 0 Å². The summed E-state index contributed by atoms with van der Waals surface area (Å²) >= 11 is 3.16. The van der Waals surface area contributed by atoms with Crippen LogP contribution in [0.15, 0.2) is 20.0 Å². The summed E-state index contributed by atoms with van der Waals surface area (Å²) in [6.45, 7) is 4.14. The molecule has 21 heavy (non-hydrogen) atoms. The van der Waals surface area contributed by atoms with Crippen molar-refractivity contribution >= 4 is 26.0 Å². The number of hydrogen-bond acceptors (Lipinski definition) is 5. The molecule has 1 aromatic heterocycles. The molecular weight excluding hydrogens is 358 g/mol. The number of rotatable bonds is 8. The van der Waals surface area contributed by atoms with E-state index in [2.05, 4.69) is 30.9 Å². The molecule has 1 aliphatic rings. The van der Waals surface area contributed by atoms with Gasteiger partial charge in [-0.05, 0) is 61.9 Å². The van der Waals surface area contributed by atoms with Gasteiger partial charge in [0.2, 0.25) is 10.0 Å². The molecular formula is C13H22BrN3O3S. The van der Waals surface area contributed by atoms with Crippen LogP contribution in [0.5, 0.6) is 0 Å². The van der Waals surface area contributed by atoms with E-state index in [1.165, 1.54) is 12.8 Å². The molecule has 0 aliphatic carbocycles. The fraction of sp³-hybridized carbons (Fsp3) is 0.692. The van der Waals surface area contributed by atoms with Crippen LogP contribution < -0.4 is 10.0 Å². The Kier molecular flexibility index (Phi) is 6.24. The van der Waals surface area contributed by atoms with Crippen LogP contribution in [-0.2, 0) is 16.6 Å². The molecule has 0 saturated carbocycles. The third-order valence-corrected chi connectivity index (χ3v) is 5.81. The van der Waals surface area contributed by atoms with Crippen molar-refractivity contribution in [2.45, 2.75) is 30.7 Å². The first-order valence-electron chi connectivity index (χ1n) is 7.18. The molecule has 0 unspecified atom stereocenters. The van der Waals surface area contributed by atoms with Gasteiger partial charge in [0.25, 0.3) is 0 Å². The van der Waals surface area contributed by atoms with Crippen LogP contribution in [-0.4, -0.2) is 46.5 Å². The lowest BCUT2D eigenvalue weighted by Crippen LogP contribution is -2.28. The summed E-state index contributed by atoms with van der Waals surface area (Å²) in [5.74, 6) is 0.585. The van der Waals surface area contributed by atoms with E-state index in [1.807, 2.05) is 0 Å². The van der Waals surface area contributed by atoms with Gasteiger partial charge in [0.05, 0.1) is 6.54 Å². The standard InChI is InChI=1S/C13H22BrN3O3S/c1-15-10-11-9-12(13(14)20-11)21(18,19)16-5-4-8-17-6-2-3-7-17/h9,15-16H,2-8,10H2,1H3. The van der Waals surface area contributed by atoms with Crippen LogP contribution in [0.1, 0.15) is 25.0 Å². The summed E-state index contributed by atoms with van der Waals surface area (Å²) < 4.78 is 32.7. The third-order valence-electron chi connectivity index (χ3n) is 3.49. The lowest BCUT2D eigenvalue weighted by atomic mass is 10.4. The van der Waals surface area contributed by atoms with Gasteiger partial charge < -0.3 is 14.6 Å². The van der Waals surface area contributed by atoms with Crippen molar-refractivity contribution in [3.05, 3.63) is 16.5 Å². The highest BCUT2D eigenvalue weighted by molar-refractivity contribution is 9.10. The lowest BCUT2D eigenvalue weighted by molar-refractivity contribution is 0.334. The SMILES string of the molecule is CNCc1cc(S(=O)(=O)NCCCN2CCCC2)c(Br)o1. The Labute approximate surface area is 134 Å². The molecule has 2 N–H and O–H groups in total. The fourth-order valence-corrected chi connectivity index (χ4v) is 4.51. The van der Waals surface area contributed by atoms with Crippen molar-refractivity contribution < 1.29 is 12.8 Å². The van der Waals surface area contributed by atoms with E-state index in [4.69, 9.17) is 4.42 Å². The van der Waals surface area contributed by atoms with E-state index in [-0.39, 0.29) is 9.56 Å².